The van der Waals surface area contributed by atoms with Crippen LogP contribution in [0.25, 0.3) is 0 Å². The fourth-order valence-electron chi connectivity index (χ4n) is 4.61. The van der Waals surface area contributed by atoms with Gasteiger partial charge in [-0.05, 0) is 51.9 Å². The summed E-state index contributed by atoms with van der Waals surface area (Å²) in [5.74, 6) is -0.734. The van der Waals surface area contributed by atoms with E-state index in [0.29, 0.717) is 37.4 Å². The van der Waals surface area contributed by atoms with Gasteiger partial charge in [0.25, 0.3) is 0 Å². The molecule has 2 unspecified atom stereocenters. The van der Waals surface area contributed by atoms with Crippen molar-refractivity contribution in [3.05, 3.63) is 56.0 Å². The van der Waals surface area contributed by atoms with E-state index in [1.807, 2.05) is 0 Å². The summed E-state index contributed by atoms with van der Waals surface area (Å²) in [4.78, 5) is 20.4. The molecular weight excluding hydrogens is 785 g/mol. The van der Waals surface area contributed by atoms with Crippen LogP contribution < -0.4 is 0 Å². The molecule has 1 saturated heterocycles. The highest BCUT2D eigenvalue weighted by molar-refractivity contribution is 7.51. The Kier molecular flexibility index (Phi) is 17.6. The molecule has 0 saturated carbocycles. The number of halogens is 2. The highest BCUT2D eigenvalue weighted by Crippen LogP contribution is 2.55. The van der Waals surface area contributed by atoms with Gasteiger partial charge in [-0.3, -0.25) is 38.3 Å². The van der Waals surface area contributed by atoms with Crippen LogP contribution >= 0.6 is 38.7 Å². The van der Waals surface area contributed by atoms with Crippen molar-refractivity contribution in [1.82, 2.24) is 9.34 Å². The second kappa shape index (κ2) is 20.6. The SMILES string of the molecule is CN(CCCCCl)P(=O)(OCc1ccc([N+](=O)[O-])o1)OC[C@@H](O)[C@H]1O[C@H](OP(=O)(OCc2ccc([N+](=O)[O-])o2)N(C)CCCCCl)[C@@H](O)[C@@H](O)[C@@H]1O. The van der Waals surface area contributed by atoms with E-state index >= 15 is 0 Å². The third-order valence-corrected chi connectivity index (χ3v) is 12.1. The highest BCUT2D eigenvalue weighted by Gasteiger charge is 2.50. The van der Waals surface area contributed by atoms with Crippen molar-refractivity contribution in [2.75, 3.05) is 45.6 Å². The van der Waals surface area contributed by atoms with E-state index in [9.17, 15) is 49.8 Å². The molecule has 0 amide bonds. The molecule has 52 heavy (non-hydrogen) atoms. The maximum absolute atomic E-state index is 14.1. The number of furan rings is 2. The van der Waals surface area contributed by atoms with Gasteiger partial charge in [0, 0.05) is 24.8 Å². The maximum atomic E-state index is 14.1. The van der Waals surface area contributed by atoms with Crippen LogP contribution in [0.15, 0.2) is 33.1 Å². The third kappa shape index (κ3) is 12.2. The molecule has 1 aliphatic rings. The number of unbranched alkanes of at least 4 members (excludes halogenated alkanes) is 2. The maximum Gasteiger partial charge on any atom is 0.433 e. The number of alkyl halides is 2. The number of hydrogen-bond donors (Lipinski definition) is 4. The Bertz CT molecular complexity index is 1530. The predicted molar refractivity (Wildman–Crippen MR) is 180 cm³/mol. The molecule has 1 aliphatic heterocycles. The van der Waals surface area contributed by atoms with Crippen molar-refractivity contribution in [2.45, 2.75) is 75.7 Å². The van der Waals surface area contributed by atoms with E-state index in [2.05, 4.69) is 0 Å². The summed E-state index contributed by atoms with van der Waals surface area (Å²) in [6.45, 7) is -1.78. The predicted octanol–water partition coefficient (Wildman–Crippen LogP) is 3.74. The van der Waals surface area contributed by atoms with Crippen LogP contribution in [0.4, 0.5) is 11.8 Å². The molecule has 21 nitrogen and oxygen atoms in total. The standard InChI is InChI=1S/C27H42Cl2N4O17P2/c1-30(13-5-3-11-28)51(42,44-15-18-7-9-21(47-18)32(38)39)46-17-20(34)26-24(36)23(35)25(37)27(49-26)50-52(43,31(2)14-6-4-12-29)45-16-19-8-10-22(48-19)33(40)41/h7-10,20,23-27,34-37H,3-6,11-17H2,1-2H3/t20-,23+,24+,25+,26-,27-,51?,52?/m1/s1. The molecule has 296 valence electrons. The summed E-state index contributed by atoms with van der Waals surface area (Å²) in [6.07, 6.45) is -9.87. The lowest BCUT2D eigenvalue weighted by atomic mass is 9.96. The van der Waals surface area contributed by atoms with Crippen LogP contribution in [0.2, 0.25) is 0 Å². The molecular formula is C27H42Cl2N4O17P2. The Morgan fingerprint density at radius 3 is 1.73 bits per heavy atom. The summed E-state index contributed by atoms with van der Waals surface area (Å²) < 4.78 is 68.2. The van der Waals surface area contributed by atoms with Crippen molar-refractivity contribution in [2.24, 2.45) is 0 Å². The van der Waals surface area contributed by atoms with Crippen LogP contribution in [-0.2, 0) is 45.2 Å². The number of nitro groups is 2. The van der Waals surface area contributed by atoms with Crippen LogP contribution in [0.1, 0.15) is 37.2 Å². The fraction of sp³-hybridized carbons (Fsp3) is 0.704. The van der Waals surface area contributed by atoms with Crippen LogP contribution in [0.3, 0.4) is 0 Å². The quantitative estimate of drug-likeness (QED) is 0.0385. The molecule has 0 aromatic carbocycles. The van der Waals surface area contributed by atoms with Gasteiger partial charge in [0.15, 0.2) is 6.29 Å². The zero-order valence-corrected chi connectivity index (χ0v) is 31.4. The Balaban J connectivity index is 1.78. The average molecular weight is 827 g/mol. The smallest absolute Gasteiger partial charge is 0.403 e. The molecule has 0 spiro atoms. The van der Waals surface area contributed by atoms with Crippen molar-refractivity contribution >= 4 is 50.5 Å². The lowest BCUT2D eigenvalue weighted by Gasteiger charge is -2.43. The van der Waals surface area contributed by atoms with Crippen molar-refractivity contribution < 1.29 is 71.1 Å². The monoisotopic (exact) mass is 826 g/mol. The van der Waals surface area contributed by atoms with Gasteiger partial charge in [-0.1, -0.05) is 0 Å². The molecule has 0 aliphatic carbocycles. The Hall–Kier alpha value is -2.04. The van der Waals surface area contributed by atoms with Gasteiger partial charge in [0.05, 0.1) is 18.7 Å². The number of nitrogens with zero attached hydrogens (tertiary/aromatic N) is 4. The lowest BCUT2D eigenvalue weighted by Crippen LogP contribution is -2.61. The molecule has 3 rings (SSSR count). The van der Waals surface area contributed by atoms with Crippen LogP contribution in [0, 0.1) is 20.2 Å². The zero-order chi connectivity index (χ0) is 38.6. The molecule has 2 aromatic heterocycles. The Morgan fingerprint density at radius 2 is 1.27 bits per heavy atom. The molecule has 2 aromatic rings. The van der Waals surface area contributed by atoms with E-state index in [1.165, 1.54) is 30.9 Å². The molecule has 0 bridgehead atoms. The summed E-state index contributed by atoms with van der Waals surface area (Å²) in [6, 6.07) is 4.58. The van der Waals surface area contributed by atoms with Crippen LogP contribution in [0.5, 0.6) is 0 Å². The summed E-state index contributed by atoms with van der Waals surface area (Å²) in [5, 5.41) is 65.3. The minimum Gasteiger partial charge on any atom is -0.403 e. The normalized spacial score (nSPS) is 23.8. The first kappa shape index (κ1) is 44.4. The summed E-state index contributed by atoms with van der Waals surface area (Å²) in [5.41, 5.74) is 0. The second-order valence-electron chi connectivity index (χ2n) is 11.4. The molecule has 8 atom stereocenters. The van der Waals surface area contributed by atoms with Gasteiger partial charge >= 0.3 is 27.3 Å². The first-order valence-electron chi connectivity index (χ1n) is 15.8. The van der Waals surface area contributed by atoms with Crippen molar-refractivity contribution in [3.63, 3.8) is 0 Å². The molecule has 1 fully saturated rings. The van der Waals surface area contributed by atoms with Crippen molar-refractivity contribution in [3.8, 4) is 0 Å². The van der Waals surface area contributed by atoms with E-state index in [4.69, 9.17) is 54.9 Å². The van der Waals surface area contributed by atoms with E-state index in [0.717, 1.165) is 16.8 Å². The first-order valence-corrected chi connectivity index (χ1v) is 19.8. The second-order valence-corrected chi connectivity index (χ2v) is 16.4. The third-order valence-electron chi connectivity index (χ3n) is 7.59. The van der Waals surface area contributed by atoms with Gasteiger partial charge in [-0.2, -0.15) is 0 Å². The van der Waals surface area contributed by atoms with Gasteiger partial charge in [-0.15, -0.1) is 23.2 Å². The number of hydrogen-bond acceptors (Lipinski definition) is 17. The van der Waals surface area contributed by atoms with Crippen molar-refractivity contribution in [1.29, 1.82) is 0 Å². The summed E-state index contributed by atoms with van der Waals surface area (Å²) >= 11 is 11.5. The van der Waals surface area contributed by atoms with Gasteiger partial charge in [0.2, 0.25) is 0 Å². The van der Waals surface area contributed by atoms with Crippen LogP contribution in [-0.4, -0.2) is 122 Å². The Labute approximate surface area is 307 Å². The van der Waals surface area contributed by atoms with Gasteiger partial charge < -0.3 is 34.0 Å². The molecule has 25 heteroatoms. The topological polar surface area (TPSA) is 280 Å². The van der Waals surface area contributed by atoms with E-state index < -0.39 is 93.7 Å². The molecule has 0 radical (unpaired) electrons. The summed E-state index contributed by atoms with van der Waals surface area (Å²) in [7, 11) is -6.08. The number of rotatable bonds is 24. The van der Waals surface area contributed by atoms with Gasteiger partial charge in [0.1, 0.15) is 65.1 Å². The molecule has 3 heterocycles. The zero-order valence-electron chi connectivity index (χ0n) is 28.1. The largest absolute Gasteiger partial charge is 0.433 e. The van der Waals surface area contributed by atoms with E-state index in [-0.39, 0.29) is 24.6 Å². The number of aliphatic hydroxyl groups is 4. The Morgan fingerprint density at radius 1 is 0.788 bits per heavy atom. The minimum atomic E-state index is -4.51. The molecule has 4 N–H and O–H groups in total. The fourth-order valence-corrected chi connectivity index (χ4v) is 8.01. The minimum absolute atomic E-state index is 0.0575. The first-order chi connectivity index (χ1) is 24.5. The number of ether oxygens (including phenoxy) is 1. The number of aliphatic hydroxyl groups excluding tert-OH is 4. The average Bonchev–Trinajstić information content (AvgIpc) is 3.80. The van der Waals surface area contributed by atoms with E-state index in [1.54, 1.807) is 0 Å². The lowest BCUT2D eigenvalue weighted by molar-refractivity contribution is -0.402. The van der Waals surface area contributed by atoms with Gasteiger partial charge in [-0.25, -0.2) is 18.5 Å². The highest BCUT2D eigenvalue weighted by atomic mass is 35.5.